The summed E-state index contributed by atoms with van der Waals surface area (Å²) in [5.74, 6) is 0. The molecule has 2 rings (SSSR count). The maximum Gasteiger partial charge on any atom is 0.435 e. The van der Waals surface area contributed by atoms with Gasteiger partial charge in [0.25, 0.3) is 0 Å². The molecule has 0 fully saturated rings. The summed E-state index contributed by atoms with van der Waals surface area (Å²) in [6, 6.07) is 5.97. The first kappa shape index (κ1) is 13.9. The highest BCUT2D eigenvalue weighted by Crippen LogP contribution is 2.29. The Hall–Kier alpha value is -1.53. The minimum absolute atomic E-state index is 0.441. The van der Waals surface area contributed by atoms with Gasteiger partial charge >= 0.3 is 6.18 Å². The van der Waals surface area contributed by atoms with Crippen molar-refractivity contribution < 1.29 is 13.2 Å². The van der Waals surface area contributed by atoms with Crippen LogP contribution in [0.15, 0.2) is 30.5 Å². The fraction of sp³-hybridized carbons (Fsp3) is 0.250. The molecule has 0 bridgehead atoms. The fourth-order valence-corrected chi connectivity index (χ4v) is 1.96. The Morgan fingerprint density at radius 3 is 2.63 bits per heavy atom. The van der Waals surface area contributed by atoms with Gasteiger partial charge in [0.15, 0.2) is 5.69 Å². The van der Waals surface area contributed by atoms with Crippen LogP contribution in [-0.4, -0.2) is 16.8 Å². The Bertz CT molecular complexity index is 578. The molecule has 2 aromatic rings. The van der Waals surface area contributed by atoms with Gasteiger partial charge in [0.2, 0.25) is 0 Å². The van der Waals surface area contributed by atoms with Crippen molar-refractivity contribution in [3.05, 3.63) is 46.7 Å². The summed E-state index contributed by atoms with van der Waals surface area (Å²) in [4.78, 5) is 0. The summed E-state index contributed by atoms with van der Waals surface area (Å²) in [6.07, 6.45) is -3.18. The van der Waals surface area contributed by atoms with Crippen molar-refractivity contribution in [2.24, 2.45) is 0 Å². The van der Waals surface area contributed by atoms with Crippen molar-refractivity contribution in [3.63, 3.8) is 0 Å². The molecule has 0 spiro atoms. The van der Waals surface area contributed by atoms with Crippen LogP contribution in [0.2, 0.25) is 5.02 Å². The summed E-state index contributed by atoms with van der Waals surface area (Å²) in [5.41, 5.74) is 0.295. The summed E-state index contributed by atoms with van der Waals surface area (Å²) >= 11 is 6.05. The molecule has 0 atom stereocenters. The second-order valence-electron chi connectivity index (χ2n) is 3.91. The monoisotopic (exact) mass is 289 g/mol. The third-order valence-electron chi connectivity index (χ3n) is 2.57. The van der Waals surface area contributed by atoms with E-state index in [1.54, 1.807) is 25.2 Å². The number of benzene rings is 1. The number of hydrogen-bond donors (Lipinski definition) is 1. The first-order valence-electron chi connectivity index (χ1n) is 5.48. The maximum absolute atomic E-state index is 12.5. The first-order chi connectivity index (χ1) is 8.93. The number of halogens is 4. The molecule has 102 valence electrons. The van der Waals surface area contributed by atoms with Crippen molar-refractivity contribution in [1.29, 1.82) is 0 Å². The normalized spacial score (nSPS) is 11.8. The number of nitrogens with one attached hydrogen (secondary N) is 1. The summed E-state index contributed by atoms with van der Waals surface area (Å²) in [6.45, 7) is 0.441. The van der Waals surface area contributed by atoms with Gasteiger partial charge in [0.05, 0.1) is 5.69 Å². The Labute approximate surface area is 113 Å². The quantitative estimate of drug-likeness (QED) is 0.940. The highest BCUT2D eigenvalue weighted by Gasteiger charge is 2.33. The summed E-state index contributed by atoms with van der Waals surface area (Å²) < 4.78 is 38.8. The third kappa shape index (κ3) is 2.90. The van der Waals surface area contributed by atoms with Crippen LogP contribution in [0.3, 0.4) is 0 Å². The highest BCUT2D eigenvalue weighted by molar-refractivity contribution is 6.31. The molecule has 0 saturated carbocycles. The summed E-state index contributed by atoms with van der Waals surface area (Å²) in [5, 5.41) is 6.95. The maximum atomic E-state index is 12.5. The Morgan fingerprint density at radius 2 is 2.05 bits per heavy atom. The molecule has 7 heteroatoms. The Balaban J connectivity index is 2.47. The molecule has 0 unspecified atom stereocenters. The number of aromatic nitrogens is 2. The third-order valence-corrected chi connectivity index (χ3v) is 2.93. The molecule has 3 nitrogen and oxygen atoms in total. The van der Waals surface area contributed by atoms with E-state index in [2.05, 4.69) is 10.4 Å². The zero-order chi connectivity index (χ0) is 14.0. The fourth-order valence-electron chi connectivity index (χ4n) is 1.72. The van der Waals surface area contributed by atoms with Crippen LogP contribution in [0.1, 0.15) is 11.3 Å². The molecule has 0 saturated heterocycles. The molecular formula is C12H11ClF3N3. The average Bonchev–Trinajstić information content (AvgIpc) is 2.81. The van der Waals surface area contributed by atoms with Gasteiger partial charge in [-0.1, -0.05) is 17.7 Å². The topological polar surface area (TPSA) is 29.9 Å². The van der Waals surface area contributed by atoms with Gasteiger partial charge in [-0.3, -0.25) is 0 Å². The smallest absolute Gasteiger partial charge is 0.316 e. The van der Waals surface area contributed by atoms with Gasteiger partial charge in [0.1, 0.15) is 0 Å². The highest BCUT2D eigenvalue weighted by atomic mass is 35.5. The van der Waals surface area contributed by atoms with Gasteiger partial charge in [-0.25, -0.2) is 4.68 Å². The van der Waals surface area contributed by atoms with Gasteiger partial charge < -0.3 is 5.32 Å². The van der Waals surface area contributed by atoms with Crippen molar-refractivity contribution in [2.45, 2.75) is 12.7 Å². The number of rotatable bonds is 3. The standard InChI is InChI=1S/C12H11ClF3N3/c1-17-7-8-9(13)3-2-4-10(8)19-6-5-11(18-19)12(14,15)16/h2-6,17H,7H2,1H3. The van der Waals surface area contributed by atoms with Gasteiger partial charge in [-0.2, -0.15) is 18.3 Å². The SMILES string of the molecule is CNCc1c(Cl)cccc1-n1ccc(C(F)(F)F)n1. The Morgan fingerprint density at radius 1 is 1.32 bits per heavy atom. The van der Waals surface area contributed by atoms with Crippen molar-refractivity contribution in [1.82, 2.24) is 15.1 Å². The molecule has 1 aromatic heterocycles. The molecule has 0 aliphatic heterocycles. The molecule has 0 radical (unpaired) electrons. The number of hydrogen-bond acceptors (Lipinski definition) is 2. The molecule has 0 amide bonds. The second-order valence-corrected chi connectivity index (χ2v) is 4.32. The van der Waals surface area contributed by atoms with Crippen LogP contribution >= 0.6 is 11.6 Å². The van der Waals surface area contributed by atoms with Gasteiger partial charge in [-0.15, -0.1) is 0 Å². The van der Waals surface area contributed by atoms with Crippen LogP contribution in [0, 0.1) is 0 Å². The number of nitrogens with zero attached hydrogens (tertiary/aromatic N) is 2. The lowest BCUT2D eigenvalue weighted by atomic mass is 10.2. The predicted octanol–water partition coefficient (Wildman–Crippen LogP) is 3.26. The molecular weight excluding hydrogens is 279 g/mol. The molecule has 0 aliphatic carbocycles. The van der Waals surface area contributed by atoms with Gasteiger partial charge in [0, 0.05) is 23.3 Å². The lowest BCUT2D eigenvalue weighted by Crippen LogP contribution is -2.11. The van der Waals surface area contributed by atoms with Crippen LogP contribution in [0.4, 0.5) is 13.2 Å². The number of alkyl halides is 3. The molecule has 19 heavy (non-hydrogen) atoms. The zero-order valence-corrected chi connectivity index (χ0v) is 10.8. The minimum atomic E-state index is -4.45. The van der Waals surface area contributed by atoms with Crippen molar-refractivity contribution >= 4 is 11.6 Å². The van der Waals surface area contributed by atoms with Crippen LogP contribution in [-0.2, 0) is 12.7 Å². The van der Waals surface area contributed by atoms with Crippen LogP contribution in [0.25, 0.3) is 5.69 Å². The Kier molecular flexibility index (Phi) is 3.82. The van der Waals surface area contributed by atoms with E-state index in [4.69, 9.17) is 11.6 Å². The van der Waals surface area contributed by atoms with E-state index in [0.717, 1.165) is 6.07 Å². The van der Waals surface area contributed by atoms with E-state index < -0.39 is 11.9 Å². The summed E-state index contributed by atoms with van der Waals surface area (Å²) in [7, 11) is 1.73. The van der Waals surface area contributed by atoms with Crippen LogP contribution in [0.5, 0.6) is 0 Å². The second kappa shape index (κ2) is 5.22. The van der Waals surface area contributed by atoms with Crippen LogP contribution < -0.4 is 5.32 Å². The molecule has 0 aliphatic rings. The van der Waals surface area contributed by atoms with Crippen molar-refractivity contribution in [2.75, 3.05) is 7.05 Å². The van der Waals surface area contributed by atoms with Crippen molar-refractivity contribution in [3.8, 4) is 5.69 Å². The molecule has 1 heterocycles. The molecule has 1 N–H and O–H groups in total. The van der Waals surface area contributed by atoms with E-state index >= 15 is 0 Å². The van der Waals surface area contributed by atoms with E-state index in [-0.39, 0.29) is 0 Å². The van der Waals surface area contributed by atoms with E-state index in [9.17, 15) is 13.2 Å². The largest absolute Gasteiger partial charge is 0.435 e. The minimum Gasteiger partial charge on any atom is -0.316 e. The van der Waals surface area contributed by atoms with Gasteiger partial charge in [-0.05, 0) is 25.2 Å². The predicted molar refractivity (Wildman–Crippen MR) is 66.3 cm³/mol. The first-order valence-corrected chi connectivity index (χ1v) is 5.86. The molecule has 1 aromatic carbocycles. The lowest BCUT2D eigenvalue weighted by molar-refractivity contribution is -0.141. The lowest BCUT2D eigenvalue weighted by Gasteiger charge is -2.11. The average molecular weight is 290 g/mol. The van der Waals surface area contributed by atoms with E-state index in [1.165, 1.54) is 10.9 Å². The van der Waals surface area contributed by atoms with E-state index in [1.807, 2.05) is 0 Å². The van der Waals surface area contributed by atoms with E-state index in [0.29, 0.717) is 22.8 Å². The zero-order valence-electron chi connectivity index (χ0n) is 10.0.